The smallest absolute Gasteiger partial charge is 0.159 e. The Morgan fingerprint density at radius 3 is 2.68 bits per heavy atom. The summed E-state index contributed by atoms with van der Waals surface area (Å²) in [4.78, 5) is 11.9. The van der Waals surface area contributed by atoms with Crippen LogP contribution in [0.4, 0.5) is 0 Å². The number of rotatable bonds is 7. The highest BCUT2D eigenvalue weighted by atomic mass is 32.2. The zero-order valence-electron chi connectivity index (χ0n) is 10.6. The van der Waals surface area contributed by atoms with Gasteiger partial charge in [0.15, 0.2) is 5.78 Å². The quantitative estimate of drug-likeness (QED) is 0.852. The van der Waals surface area contributed by atoms with Crippen LogP contribution in [0.3, 0.4) is 0 Å². The maximum absolute atomic E-state index is 11.9. The lowest BCUT2D eigenvalue weighted by Crippen LogP contribution is -2.34. The molecule has 0 aliphatic carbocycles. The van der Waals surface area contributed by atoms with E-state index in [0.29, 0.717) is 12.2 Å². The third-order valence-corrected chi connectivity index (χ3v) is 4.56. The summed E-state index contributed by atoms with van der Waals surface area (Å²) in [7, 11) is 0. The van der Waals surface area contributed by atoms with E-state index in [4.69, 9.17) is 5.73 Å². The zero-order valence-corrected chi connectivity index (χ0v) is 12.3. The Labute approximate surface area is 122 Å². The summed E-state index contributed by atoms with van der Waals surface area (Å²) in [6.45, 7) is 0. The largest absolute Gasteiger partial charge is 0.321 e. The summed E-state index contributed by atoms with van der Waals surface area (Å²) in [5.74, 6) is 1.50. The van der Waals surface area contributed by atoms with Crippen LogP contribution in [-0.2, 0) is 17.0 Å². The Morgan fingerprint density at radius 2 is 2.00 bits per heavy atom. The molecule has 0 saturated carbocycles. The van der Waals surface area contributed by atoms with E-state index in [9.17, 15) is 4.79 Å². The molecule has 0 aliphatic rings. The number of carbonyl (C=O) groups is 1. The molecule has 1 aromatic carbocycles. The highest BCUT2D eigenvalue weighted by Crippen LogP contribution is 2.15. The van der Waals surface area contributed by atoms with Gasteiger partial charge in [-0.2, -0.15) is 11.3 Å². The molecule has 2 N–H and O–H groups in total. The molecule has 2 nitrogen and oxygen atoms in total. The van der Waals surface area contributed by atoms with Crippen LogP contribution in [0.5, 0.6) is 0 Å². The minimum atomic E-state index is -0.391. The third-order valence-electron chi connectivity index (χ3n) is 2.81. The van der Waals surface area contributed by atoms with Gasteiger partial charge in [0.05, 0.1) is 11.8 Å². The van der Waals surface area contributed by atoms with Gasteiger partial charge in [-0.15, -0.1) is 11.8 Å². The van der Waals surface area contributed by atoms with E-state index in [1.165, 1.54) is 5.56 Å². The van der Waals surface area contributed by atoms with Crippen molar-refractivity contribution < 1.29 is 4.79 Å². The molecule has 0 fully saturated rings. The van der Waals surface area contributed by atoms with Gasteiger partial charge in [-0.25, -0.2) is 0 Å². The van der Waals surface area contributed by atoms with Crippen molar-refractivity contribution in [1.82, 2.24) is 0 Å². The normalized spacial score (nSPS) is 12.3. The van der Waals surface area contributed by atoms with Crippen LogP contribution in [0.1, 0.15) is 11.1 Å². The second kappa shape index (κ2) is 7.48. The molecule has 19 heavy (non-hydrogen) atoms. The molecular weight excluding hydrogens is 274 g/mol. The topological polar surface area (TPSA) is 43.1 Å². The summed E-state index contributed by atoms with van der Waals surface area (Å²) >= 11 is 3.32. The molecule has 1 heterocycles. The molecule has 0 spiro atoms. The number of ketones is 1. The van der Waals surface area contributed by atoms with E-state index in [-0.39, 0.29) is 5.78 Å². The van der Waals surface area contributed by atoms with Crippen molar-refractivity contribution in [2.45, 2.75) is 18.2 Å². The average molecular weight is 291 g/mol. The molecular formula is C15H17NOS2. The lowest BCUT2D eigenvalue weighted by Gasteiger charge is -2.10. The number of nitrogens with two attached hydrogens (primary N) is 1. The molecule has 4 heteroatoms. The predicted octanol–water partition coefficient (Wildman–Crippen LogP) is 3.12. The minimum absolute atomic E-state index is 0.129. The second-order valence-electron chi connectivity index (χ2n) is 4.39. The monoisotopic (exact) mass is 291 g/mol. The molecule has 0 saturated heterocycles. The molecule has 0 amide bonds. The van der Waals surface area contributed by atoms with Gasteiger partial charge in [0.2, 0.25) is 0 Å². The van der Waals surface area contributed by atoms with Crippen molar-refractivity contribution in [2.75, 3.05) is 5.75 Å². The van der Waals surface area contributed by atoms with Crippen molar-refractivity contribution in [3.8, 4) is 0 Å². The standard InChI is InChI=1S/C15H17NOS2/c16-14(8-12-4-2-1-3-5-12)15(17)11-19-10-13-6-7-18-9-13/h1-7,9,14H,8,10-11,16H2/t14-/m0/s1. The van der Waals surface area contributed by atoms with Gasteiger partial charge in [0.1, 0.15) is 0 Å². The molecule has 2 rings (SSSR count). The van der Waals surface area contributed by atoms with Crippen molar-refractivity contribution in [2.24, 2.45) is 5.73 Å². The Hall–Kier alpha value is -1.10. The van der Waals surface area contributed by atoms with Crippen molar-refractivity contribution in [3.05, 3.63) is 58.3 Å². The summed E-state index contributed by atoms with van der Waals surface area (Å²) < 4.78 is 0. The molecule has 1 aromatic heterocycles. The van der Waals surface area contributed by atoms with E-state index in [1.807, 2.05) is 30.3 Å². The predicted molar refractivity (Wildman–Crippen MR) is 83.6 cm³/mol. The third kappa shape index (κ3) is 4.82. The van der Waals surface area contributed by atoms with Crippen molar-refractivity contribution in [3.63, 3.8) is 0 Å². The summed E-state index contributed by atoms with van der Waals surface area (Å²) in [5.41, 5.74) is 8.34. The summed E-state index contributed by atoms with van der Waals surface area (Å²) in [5, 5.41) is 4.17. The SMILES string of the molecule is N[C@@H](Cc1ccccc1)C(=O)CSCc1ccsc1. The van der Waals surface area contributed by atoms with Gasteiger partial charge in [-0.1, -0.05) is 30.3 Å². The number of Topliss-reactive ketones (excluding diaryl/α,β-unsaturated/α-hetero) is 1. The van der Waals surface area contributed by atoms with Gasteiger partial charge >= 0.3 is 0 Å². The average Bonchev–Trinajstić information content (AvgIpc) is 2.93. The number of benzene rings is 1. The minimum Gasteiger partial charge on any atom is -0.321 e. The van der Waals surface area contributed by atoms with Crippen LogP contribution >= 0.6 is 23.1 Å². The molecule has 100 valence electrons. The maximum Gasteiger partial charge on any atom is 0.159 e. The molecule has 2 aromatic rings. The zero-order chi connectivity index (χ0) is 13.5. The maximum atomic E-state index is 11.9. The van der Waals surface area contributed by atoms with E-state index < -0.39 is 6.04 Å². The van der Waals surface area contributed by atoms with E-state index in [2.05, 4.69) is 16.8 Å². The molecule has 0 radical (unpaired) electrons. The summed E-state index contributed by atoms with van der Waals surface area (Å²) in [6.07, 6.45) is 0.624. The van der Waals surface area contributed by atoms with Gasteiger partial charge in [0, 0.05) is 5.75 Å². The van der Waals surface area contributed by atoms with Crippen molar-refractivity contribution in [1.29, 1.82) is 0 Å². The highest BCUT2D eigenvalue weighted by molar-refractivity contribution is 7.99. The second-order valence-corrected chi connectivity index (χ2v) is 6.15. The van der Waals surface area contributed by atoms with Crippen LogP contribution in [0, 0.1) is 0 Å². The molecule has 0 aliphatic heterocycles. The first-order chi connectivity index (χ1) is 9.25. The Kier molecular flexibility index (Phi) is 5.63. The first-order valence-corrected chi connectivity index (χ1v) is 8.26. The van der Waals surface area contributed by atoms with Crippen LogP contribution in [-0.4, -0.2) is 17.6 Å². The molecule has 0 unspecified atom stereocenters. The summed E-state index contributed by atoms with van der Waals surface area (Å²) in [6, 6.07) is 11.6. The first-order valence-electron chi connectivity index (χ1n) is 6.17. The van der Waals surface area contributed by atoms with Crippen LogP contribution in [0.15, 0.2) is 47.2 Å². The van der Waals surface area contributed by atoms with Crippen LogP contribution < -0.4 is 5.73 Å². The van der Waals surface area contributed by atoms with E-state index in [0.717, 1.165) is 11.3 Å². The fourth-order valence-corrected chi connectivity index (χ4v) is 3.44. The van der Waals surface area contributed by atoms with Crippen LogP contribution in [0.25, 0.3) is 0 Å². The van der Waals surface area contributed by atoms with Crippen LogP contribution in [0.2, 0.25) is 0 Å². The number of thiophene rings is 1. The Morgan fingerprint density at radius 1 is 1.21 bits per heavy atom. The fraction of sp³-hybridized carbons (Fsp3) is 0.267. The fourth-order valence-electron chi connectivity index (χ4n) is 1.73. The van der Waals surface area contributed by atoms with Gasteiger partial charge < -0.3 is 5.73 Å². The molecule has 0 bridgehead atoms. The number of carbonyl (C=O) groups excluding carboxylic acids is 1. The van der Waals surface area contributed by atoms with Crippen molar-refractivity contribution >= 4 is 28.9 Å². The number of hydrogen-bond donors (Lipinski definition) is 1. The Bertz CT molecular complexity index is 496. The molecule has 1 atom stereocenters. The lowest BCUT2D eigenvalue weighted by molar-refractivity contribution is -0.117. The number of hydrogen-bond acceptors (Lipinski definition) is 4. The highest BCUT2D eigenvalue weighted by Gasteiger charge is 2.13. The van der Waals surface area contributed by atoms with Gasteiger partial charge in [-0.05, 0) is 34.4 Å². The Balaban J connectivity index is 1.73. The number of thioether (sulfide) groups is 1. The first kappa shape index (κ1) is 14.3. The van der Waals surface area contributed by atoms with Gasteiger partial charge in [0.25, 0.3) is 0 Å². The van der Waals surface area contributed by atoms with Gasteiger partial charge in [-0.3, -0.25) is 4.79 Å². The van der Waals surface area contributed by atoms with E-state index in [1.54, 1.807) is 23.1 Å². The van der Waals surface area contributed by atoms with E-state index >= 15 is 0 Å². The lowest BCUT2D eigenvalue weighted by atomic mass is 10.0.